The predicted octanol–water partition coefficient (Wildman–Crippen LogP) is 2.06. The van der Waals surface area contributed by atoms with Crippen LogP contribution in [-0.2, 0) is 4.74 Å². The number of rotatable bonds is 2. The first-order valence-corrected chi connectivity index (χ1v) is 5.80. The van der Waals surface area contributed by atoms with Crippen LogP contribution in [0.2, 0.25) is 0 Å². The summed E-state index contributed by atoms with van der Waals surface area (Å²) < 4.78 is 5.15. The van der Waals surface area contributed by atoms with Crippen molar-refractivity contribution in [1.82, 2.24) is 5.32 Å². The van der Waals surface area contributed by atoms with E-state index in [2.05, 4.69) is 5.32 Å². The van der Waals surface area contributed by atoms with Gasteiger partial charge < -0.3 is 15.2 Å². The third-order valence-electron chi connectivity index (χ3n) is 2.86. The molecule has 1 fully saturated rings. The molecular weight excluding hydrogens is 206 g/mol. The zero-order valence-corrected chi connectivity index (χ0v) is 10.8. The van der Waals surface area contributed by atoms with Gasteiger partial charge in [0.1, 0.15) is 5.60 Å². The average molecular weight is 229 g/mol. The molecule has 1 aliphatic carbocycles. The quantitative estimate of drug-likeness (QED) is 0.762. The lowest BCUT2D eigenvalue weighted by Crippen LogP contribution is -2.51. The van der Waals surface area contributed by atoms with Gasteiger partial charge >= 0.3 is 6.09 Å². The van der Waals surface area contributed by atoms with E-state index in [1.807, 2.05) is 20.8 Å². The van der Waals surface area contributed by atoms with E-state index < -0.39 is 11.2 Å². The summed E-state index contributed by atoms with van der Waals surface area (Å²) in [5, 5.41) is 12.5. The molecular formula is C12H23NO3. The van der Waals surface area contributed by atoms with Gasteiger partial charge in [0.2, 0.25) is 0 Å². The highest BCUT2D eigenvalue weighted by Gasteiger charge is 2.39. The minimum Gasteiger partial charge on any atom is -0.444 e. The normalized spacial score (nSPS) is 25.9. The fourth-order valence-electron chi connectivity index (χ4n) is 1.79. The predicted molar refractivity (Wildman–Crippen MR) is 62.2 cm³/mol. The van der Waals surface area contributed by atoms with Gasteiger partial charge in [-0.05, 0) is 53.4 Å². The van der Waals surface area contributed by atoms with Gasteiger partial charge in [0, 0.05) is 6.04 Å². The van der Waals surface area contributed by atoms with Crippen molar-refractivity contribution in [2.75, 3.05) is 0 Å². The van der Waals surface area contributed by atoms with E-state index in [0.29, 0.717) is 0 Å². The lowest BCUT2D eigenvalue weighted by atomic mass is 9.71. The first-order chi connectivity index (χ1) is 7.08. The summed E-state index contributed by atoms with van der Waals surface area (Å²) in [7, 11) is 0. The third kappa shape index (κ3) is 4.00. The molecule has 0 aromatic heterocycles. The summed E-state index contributed by atoms with van der Waals surface area (Å²) in [5.41, 5.74) is -1.10. The molecule has 0 aliphatic heterocycles. The van der Waals surface area contributed by atoms with Crippen LogP contribution < -0.4 is 5.32 Å². The molecule has 0 bridgehead atoms. The van der Waals surface area contributed by atoms with Gasteiger partial charge in [-0.15, -0.1) is 0 Å². The van der Waals surface area contributed by atoms with E-state index in [0.717, 1.165) is 12.8 Å². The van der Waals surface area contributed by atoms with E-state index >= 15 is 0 Å². The van der Waals surface area contributed by atoms with Crippen LogP contribution in [0.4, 0.5) is 4.79 Å². The van der Waals surface area contributed by atoms with Crippen molar-refractivity contribution < 1.29 is 14.6 Å². The highest BCUT2D eigenvalue weighted by atomic mass is 16.6. The van der Waals surface area contributed by atoms with Gasteiger partial charge in [-0.3, -0.25) is 0 Å². The largest absolute Gasteiger partial charge is 0.444 e. The molecule has 0 saturated heterocycles. The number of carbonyl (C=O) groups is 1. The fraction of sp³-hybridized carbons (Fsp3) is 0.917. The zero-order chi connectivity index (χ0) is 12.6. The number of hydrogen-bond donors (Lipinski definition) is 2. The van der Waals surface area contributed by atoms with Gasteiger partial charge in [-0.2, -0.15) is 0 Å². The molecule has 2 N–H and O–H groups in total. The van der Waals surface area contributed by atoms with Crippen molar-refractivity contribution in [1.29, 1.82) is 0 Å². The molecule has 16 heavy (non-hydrogen) atoms. The molecule has 0 spiro atoms. The molecule has 4 heteroatoms. The van der Waals surface area contributed by atoms with E-state index in [9.17, 15) is 9.90 Å². The number of amides is 1. The Balaban J connectivity index is 2.25. The van der Waals surface area contributed by atoms with Crippen LogP contribution >= 0.6 is 0 Å². The maximum atomic E-state index is 11.4. The van der Waals surface area contributed by atoms with Crippen LogP contribution in [0.3, 0.4) is 0 Å². The average Bonchev–Trinajstić information content (AvgIpc) is 1.89. The van der Waals surface area contributed by atoms with Crippen LogP contribution in [0.25, 0.3) is 0 Å². The van der Waals surface area contributed by atoms with Crippen molar-refractivity contribution in [2.24, 2.45) is 5.92 Å². The van der Waals surface area contributed by atoms with Crippen LogP contribution in [0.1, 0.15) is 47.5 Å². The molecule has 4 nitrogen and oxygen atoms in total. The minimum atomic E-state index is -0.647. The van der Waals surface area contributed by atoms with Gasteiger partial charge in [-0.25, -0.2) is 4.79 Å². The molecule has 0 heterocycles. The SMILES string of the molecule is CC(C)(C)OC(=O)N[C@H]1C[C@H](C(C)(C)O)C1. The molecule has 0 unspecified atom stereocenters. The van der Waals surface area contributed by atoms with E-state index in [4.69, 9.17) is 4.74 Å². The van der Waals surface area contributed by atoms with Crippen LogP contribution in [0.5, 0.6) is 0 Å². The van der Waals surface area contributed by atoms with Crippen molar-refractivity contribution in [3.8, 4) is 0 Å². The zero-order valence-electron chi connectivity index (χ0n) is 10.8. The number of nitrogens with one attached hydrogen (secondary N) is 1. The second kappa shape index (κ2) is 4.24. The lowest BCUT2D eigenvalue weighted by Gasteiger charge is -2.42. The number of carbonyl (C=O) groups excluding carboxylic acids is 1. The second-order valence-electron chi connectivity index (χ2n) is 6.17. The summed E-state index contributed by atoms with van der Waals surface area (Å²) in [6.07, 6.45) is 1.28. The Bertz CT molecular complexity index is 256. The first kappa shape index (κ1) is 13.3. The van der Waals surface area contributed by atoms with Gasteiger partial charge in [0.25, 0.3) is 0 Å². The molecule has 1 saturated carbocycles. The van der Waals surface area contributed by atoms with Crippen molar-refractivity contribution in [3.05, 3.63) is 0 Å². The highest BCUT2D eigenvalue weighted by molar-refractivity contribution is 5.68. The van der Waals surface area contributed by atoms with Gasteiger partial charge in [-0.1, -0.05) is 0 Å². The summed E-state index contributed by atoms with van der Waals surface area (Å²) in [6, 6.07) is 0.145. The fourth-order valence-corrected chi connectivity index (χ4v) is 1.79. The smallest absolute Gasteiger partial charge is 0.407 e. The monoisotopic (exact) mass is 229 g/mol. The Hall–Kier alpha value is -0.770. The lowest BCUT2D eigenvalue weighted by molar-refractivity contribution is -0.0341. The molecule has 0 aromatic rings. The Labute approximate surface area is 97.4 Å². The molecule has 1 amide bonds. The molecule has 0 atom stereocenters. The Morgan fingerprint density at radius 1 is 1.25 bits per heavy atom. The number of alkyl carbamates (subject to hydrolysis) is 1. The summed E-state index contributed by atoms with van der Waals surface area (Å²) in [6.45, 7) is 9.13. The number of hydrogen-bond acceptors (Lipinski definition) is 3. The Morgan fingerprint density at radius 2 is 1.75 bits per heavy atom. The topological polar surface area (TPSA) is 58.6 Å². The second-order valence-corrected chi connectivity index (χ2v) is 6.17. The van der Waals surface area contributed by atoms with Crippen molar-refractivity contribution in [3.63, 3.8) is 0 Å². The Morgan fingerprint density at radius 3 is 2.12 bits per heavy atom. The molecule has 0 aromatic carbocycles. The molecule has 1 rings (SSSR count). The van der Waals surface area contributed by atoms with Crippen LogP contribution in [-0.4, -0.2) is 28.4 Å². The Kier molecular flexibility index (Phi) is 3.53. The van der Waals surface area contributed by atoms with Crippen molar-refractivity contribution in [2.45, 2.75) is 64.7 Å². The third-order valence-corrected chi connectivity index (χ3v) is 2.86. The highest BCUT2D eigenvalue weighted by Crippen LogP contribution is 2.36. The maximum Gasteiger partial charge on any atom is 0.407 e. The maximum absolute atomic E-state index is 11.4. The van der Waals surface area contributed by atoms with Crippen LogP contribution in [0.15, 0.2) is 0 Å². The van der Waals surface area contributed by atoms with Gasteiger partial charge in [0.05, 0.1) is 5.60 Å². The van der Waals surface area contributed by atoms with E-state index in [1.54, 1.807) is 13.8 Å². The molecule has 94 valence electrons. The van der Waals surface area contributed by atoms with E-state index in [-0.39, 0.29) is 18.1 Å². The minimum absolute atomic E-state index is 0.145. The molecule has 1 aliphatic rings. The number of ether oxygens (including phenoxy) is 1. The summed E-state index contributed by atoms with van der Waals surface area (Å²) >= 11 is 0. The molecule has 0 radical (unpaired) electrons. The van der Waals surface area contributed by atoms with Crippen molar-refractivity contribution >= 4 is 6.09 Å². The standard InChI is InChI=1S/C12H23NO3/c1-11(2,3)16-10(14)13-9-6-8(7-9)12(4,5)15/h8-9,15H,6-7H2,1-5H3,(H,13,14)/t8-,9-. The summed E-state index contributed by atoms with van der Waals surface area (Å²) in [4.78, 5) is 11.4. The van der Waals surface area contributed by atoms with E-state index in [1.165, 1.54) is 0 Å². The van der Waals surface area contributed by atoms with Crippen LogP contribution in [0, 0.1) is 5.92 Å². The summed E-state index contributed by atoms with van der Waals surface area (Å²) in [5.74, 6) is 0.271. The number of aliphatic hydroxyl groups is 1. The first-order valence-electron chi connectivity index (χ1n) is 5.80. The van der Waals surface area contributed by atoms with Gasteiger partial charge in [0.15, 0.2) is 0 Å².